The van der Waals surface area contributed by atoms with Crippen molar-refractivity contribution in [3.05, 3.63) is 23.8 Å². The van der Waals surface area contributed by atoms with E-state index in [2.05, 4.69) is 24.5 Å². The molecule has 116 valence electrons. The fraction of sp³-hybridized carbons (Fsp3) is 0.562. The van der Waals surface area contributed by atoms with Gasteiger partial charge in [0, 0.05) is 38.9 Å². The monoisotopic (exact) mass is 291 g/mol. The first kappa shape index (κ1) is 15.6. The van der Waals surface area contributed by atoms with Crippen molar-refractivity contribution in [3.8, 4) is 0 Å². The van der Waals surface area contributed by atoms with Crippen LogP contribution >= 0.6 is 0 Å². The maximum absolute atomic E-state index is 12.7. The van der Waals surface area contributed by atoms with E-state index in [9.17, 15) is 4.79 Å². The average Bonchev–Trinajstić information content (AvgIpc) is 2.50. The number of hydrogen-bond acceptors (Lipinski definition) is 4. The van der Waals surface area contributed by atoms with Crippen molar-refractivity contribution in [2.24, 2.45) is 5.92 Å². The van der Waals surface area contributed by atoms with Crippen LogP contribution in [-0.2, 0) is 4.74 Å². The predicted octanol–water partition coefficient (Wildman–Crippen LogP) is 2.27. The molecule has 1 amide bonds. The molecule has 5 nitrogen and oxygen atoms in total. The van der Waals surface area contributed by atoms with Gasteiger partial charge in [-0.15, -0.1) is 0 Å². The molecule has 1 heterocycles. The molecule has 5 heteroatoms. The Morgan fingerprint density at radius 2 is 2.00 bits per heavy atom. The highest BCUT2D eigenvalue weighted by molar-refractivity contribution is 5.96. The van der Waals surface area contributed by atoms with E-state index in [4.69, 9.17) is 4.74 Å². The van der Waals surface area contributed by atoms with Gasteiger partial charge in [0.2, 0.25) is 0 Å². The average molecular weight is 291 g/mol. The van der Waals surface area contributed by atoms with Crippen molar-refractivity contribution in [1.29, 1.82) is 0 Å². The molecule has 0 spiro atoms. The van der Waals surface area contributed by atoms with E-state index in [-0.39, 0.29) is 5.91 Å². The predicted molar refractivity (Wildman–Crippen MR) is 86.0 cm³/mol. The van der Waals surface area contributed by atoms with Gasteiger partial charge in [0.25, 0.3) is 5.91 Å². The molecular formula is C16H25N3O2. The van der Waals surface area contributed by atoms with E-state index in [0.29, 0.717) is 19.1 Å². The Kier molecular flexibility index (Phi) is 5.44. The van der Waals surface area contributed by atoms with Gasteiger partial charge in [-0.05, 0) is 24.1 Å². The number of anilines is 2. The van der Waals surface area contributed by atoms with Crippen LogP contribution in [0.3, 0.4) is 0 Å². The Morgan fingerprint density at radius 1 is 1.29 bits per heavy atom. The Hall–Kier alpha value is -1.75. The molecule has 0 bridgehead atoms. The Bertz CT molecular complexity index is 488. The third kappa shape index (κ3) is 4.11. The summed E-state index contributed by atoms with van der Waals surface area (Å²) in [4.78, 5) is 14.6. The van der Waals surface area contributed by atoms with Gasteiger partial charge in [-0.1, -0.05) is 13.8 Å². The summed E-state index contributed by atoms with van der Waals surface area (Å²) in [5.41, 5.74) is 2.79. The molecule has 21 heavy (non-hydrogen) atoms. The quantitative estimate of drug-likeness (QED) is 0.844. The van der Waals surface area contributed by atoms with Crippen LogP contribution in [0.25, 0.3) is 0 Å². The fourth-order valence-corrected chi connectivity index (χ4v) is 2.47. The topological polar surface area (TPSA) is 53.6 Å². The number of methoxy groups -OCH3 is 1. The van der Waals surface area contributed by atoms with Crippen LogP contribution in [0.5, 0.6) is 0 Å². The van der Waals surface area contributed by atoms with Gasteiger partial charge in [-0.3, -0.25) is 4.79 Å². The van der Waals surface area contributed by atoms with Gasteiger partial charge in [0.15, 0.2) is 0 Å². The molecule has 0 fully saturated rings. The standard InChI is InChI=1S/C16H25N3O2/c1-12(2)11-19(8-9-21-3)16(20)13-4-5-14-15(10-13)18-7-6-17-14/h4-5,10,12,17-18H,6-9,11H2,1-3H3. The molecule has 0 atom stereocenters. The Balaban J connectivity index is 2.15. The fourth-order valence-electron chi connectivity index (χ4n) is 2.47. The number of nitrogens with zero attached hydrogens (tertiary/aromatic N) is 1. The third-order valence-corrected chi connectivity index (χ3v) is 3.46. The molecule has 0 aromatic heterocycles. The molecule has 0 aliphatic carbocycles. The van der Waals surface area contributed by atoms with Crippen molar-refractivity contribution in [1.82, 2.24) is 4.90 Å². The first-order valence-corrected chi connectivity index (χ1v) is 7.52. The van der Waals surface area contributed by atoms with Gasteiger partial charge < -0.3 is 20.3 Å². The highest BCUT2D eigenvalue weighted by Gasteiger charge is 2.18. The first-order chi connectivity index (χ1) is 10.1. The Labute approximate surface area is 126 Å². The van der Waals surface area contributed by atoms with E-state index < -0.39 is 0 Å². The van der Waals surface area contributed by atoms with Crippen molar-refractivity contribution in [2.75, 3.05) is 50.5 Å². The molecular weight excluding hydrogens is 266 g/mol. The summed E-state index contributed by atoms with van der Waals surface area (Å²) < 4.78 is 5.11. The maximum Gasteiger partial charge on any atom is 0.254 e. The number of amides is 1. The number of hydrogen-bond donors (Lipinski definition) is 2. The first-order valence-electron chi connectivity index (χ1n) is 7.52. The minimum Gasteiger partial charge on any atom is -0.383 e. The SMILES string of the molecule is COCCN(CC(C)C)C(=O)c1ccc2c(c1)NCCN2. The molecule has 0 radical (unpaired) electrons. The molecule has 2 N–H and O–H groups in total. The van der Waals surface area contributed by atoms with Crippen molar-refractivity contribution < 1.29 is 9.53 Å². The van der Waals surface area contributed by atoms with E-state index in [1.54, 1.807) is 7.11 Å². The second-order valence-corrected chi connectivity index (χ2v) is 5.75. The van der Waals surface area contributed by atoms with Gasteiger partial charge in [-0.2, -0.15) is 0 Å². The third-order valence-electron chi connectivity index (χ3n) is 3.46. The zero-order valence-electron chi connectivity index (χ0n) is 13.1. The zero-order chi connectivity index (χ0) is 15.2. The molecule has 2 rings (SSSR count). The summed E-state index contributed by atoms with van der Waals surface area (Å²) in [6.45, 7) is 7.94. The van der Waals surface area contributed by atoms with Crippen LogP contribution < -0.4 is 10.6 Å². The summed E-state index contributed by atoms with van der Waals surface area (Å²) in [6.07, 6.45) is 0. The summed E-state index contributed by atoms with van der Waals surface area (Å²) >= 11 is 0. The summed E-state index contributed by atoms with van der Waals surface area (Å²) in [7, 11) is 1.66. The number of ether oxygens (including phenoxy) is 1. The minimum absolute atomic E-state index is 0.0657. The molecule has 0 unspecified atom stereocenters. The number of carbonyl (C=O) groups excluding carboxylic acids is 1. The van der Waals surface area contributed by atoms with Crippen molar-refractivity contribution >= 4 is 17.3 Å². The molecule has 1 aliphatic rings. The van der Waals surface area contributed by atoms with Gasteiger partial charge in [-0.25, -0.2) is 0 Å². The minimum atomic E-state index is 0.0657. The number of fused-ring (bicyclic) bond motifs is 1. The summed E-state index contributed by atoms with van der Waals surface area (Å²) in [6, 6.07) is 5.80. The molecule has 0 saturated carbocycles. The van der Waals surface area contributed by atoms with Crippen LogP contribution in [0.15, 0.2) is 18.2 Å². The summed E-state index contributed by atoms with van der Waals surface area (Å²) in [5.74, 6) is 0.499. The van der Waals surface area contributed by atoms with E-state index >= 15 is 0 Å². The lowest BCUT2D eigenvalue weighted by molar-refractivity contribution is 0.0672. The van der Waals surface area contributed by atoms with Gasteiger partial charge in [0.05, 0.1) is 18.0 Å². The van der Waals surface area contributed by atoms with E-state index in [1.807, 2.05) is 23.1 Å². The second-order valence-electron chi connectivity index (χ2n) is 5.75. The highest BCUT2D eigenvalue weighted by Crippen LogP contribution is 2.26. The summed E-state index contributed by atoms with van der Waals surface area (Å²) in [5, 5.41) is 6.64. The maximum atomic E-state index is 12.7. The largest absolute Gasteiger partial charge is 0.383 e. The van der Waals surface area contributed by atoms with Crippen molar-refractivity contribution in [2.45, 2.75) is 13.8 Å². The molecule has 1 aromatic carbocycles. The van der Waals surface area contributed by atoms with Gasteiger partial charge in [0.1, 0.15) is 0 Å². The Morgan fingerprint density at radius 3 is 2.67 bits per heavy atom. The second kappa shape index (κ2) is 7.31. The van der Waals surface area contributed by atoms with Crippen LogP contribution in [0, 0.1) is 5.92 Å². The number of rotatable bonds is 6. The molecule has 0 saturated heterocycles. The van der Waals surface area contributed by atoms with Crippen LogP contribution in [-0.4, -0.2) is 50.7 Å². The van der Waals surface area contributed by atoms with Crippen molar-refractivity contribution in [3.63, 3.8) is 0 Å². The normalized spacial score (nSPS) is 13.3. The van der Waals surface area contributed by atoms with Crippen LogP contribution in [0.1, 0.15) is 24.2 Å². The smallest absolute Gasteiger partial charge is 0.254 e. The number of benzene rings is 1. The zero-order valence-corrected chi connectivity index (χ0v) is 13.1. The van der Waals surface area contributed by atoms with Gasteiger partial charge >= 0.3 is 0 Å². The lowest BCUT2D eigenvalue weighted by Crippen LogP contribution is -2.36. The van der Waals surface area contributed by atoms with E-state index in [0.717, 1.165) is 36.6 Å². The lowest BCUT2D eigenvalue weighted by Gasteiger charge is -2.26. The van der Waals surface area contributed by atoms with E-state index in [1.165, 1.54) is 0 Å². The lowest BCUT2D eigenvalue weighted by atomic mass is 10.1. The molecule has 1 aromatic rings. The van der Waals surface area contributed by atoms with Crippen LogP contribution in [0.4, 0.5) is 11.4 Å². The number of carbonyl (C=O) groups is 1. The van der Waals surface area contributed by atoms with Crippen LogP contribution in [0.2, 0.25) is 0 Å². The number of nitrogens with one attached hydrogen (secondary N) is 2. The highest BCUT2D eigenvalue weighted by atomic mass is 16.5. The molecule has 1 aliphatic heterocycles.